The van der Waals surface area contributed by atoms with Gasteiger partial charge in [-0.15, -0.1) is 0 Å². The standard InChI is InChI=1S/C20H21NO3/c1-15(22)13-14-18(20(23)24-2)21-19(16-9-5-3-6-10-16)17-11-7-4-8-12-17/h3-12,18H,13-14H2,1-2H3/t18-/m0/s1. The maximum atomic E-state index is 12.1. The highest BCUT2D eigenvalue weighted by atomic mass is 16.5. The molecule has 1 atom stereocenters. The minimum Gasteiger partial charge on any atom is -0.467 e. The molecule has 0 fully saturated rings. The Labute approximate surface area is 142 Å². The van der Waals surface area contributed by atoms with Crippen LogP contribution in [-0.2, 0) is 14.3 Å². The number of aliphatic imine (C=N–C) groups is 1. The van der Waals surface area contributed by atoms with Crippen molar-refractivity contribution in [1.82, 2.24) is 0 Å². The molecule has 24 heavy (non-hydrogen) atoms. The van der Waals surface area contributed by atoms with Crippen molar-refractivity contribution in [2.75, 3.05) is 7.11 Å². The van der Waals surface area contributed by atoms with Crippen molar-refractivity contribution in [2.24, 2.45) is 4.99 Å². The second kappa shape index (κ2) is 8.77. The van der Waals surface area contributed by atoms with E-state index in [1.807, 2.05) is 60.7 Å². The average Bonchev–Trinajstić information content (AvgIpc) is 2.62. The van der Waals surface area contributed by atoms with E-state index < -0.39 is 12.0 Å². The van der Waals surface area contributed by atoms with Crippen LogP contribution in [0.3, 0.4) is 0 Å². The molecule has 4 nitrogen and oxygen atoms in total. The lowest BCUT2D eigenvalue weighted by atomic mass is 10.0. The zero-order valence-corrected chi connectivity index (χ0v) is 13.9. The normalized spacial score (nSPS) is 11.4. The lowest BCUT2D eigenvalue weighted by Crippen LogP contribution is -2.23. The number of carbonyl (C=O) groups is 2. The van der Waals surface area contributed by atoms with E-state index in [1.54, 1.807) is 0 Å². The van der Waals surface area contributed by atoms with Crippen molar-refractivity contribution in [3.05, 3.63) is 71.8 Å². The average molecular weight is 323 g/mol. The van der Waals surface area contributed by atoms with Gasteiger partial charge in [-0.1, -0.05) is 60.7 Å². The summed E-state index contributed by atoms with van der Waals surface area (Å²) in [5.41, 5.74) is 2.55. The molecule has 0 unspecified atom stereocenters. The summed E-state index contributed by atoms with van der Waals surface area (Å²) in [4.78, 5) is 28.0. The Bertz CT molecular complexity index is 667. The van der Waals surface area contributed by atoms with E-state index in [0.717, 1.165) is 16.8 Å². The predicted molar refractivity (Wildman–Crippen MR) is 94.2 cm³/mol. The highest BCUT2D eigenvalue weighted by Gasteiger charge is 2.20. The Hall–Kier alpha value is -2.75. The van der Waals surface area contributed by atoms with E-state index in [-0.39, 0.29) is 5.78 Å². The van der Waals surface area contributed by atoms with Crippen LogP contribution in [0.1, 0.15) is 30.9 Å². The molecule has 0 bridgehead atoms. The molecule has 0 saturated heterocycles. The van der Waals surface area contributed by atoms with Gasteiger partial charge < -0.3 is 9.53 Å². The van der Waals surface area contributed by atoms with E-state index in [1.165, 1.54) is 14.0 Å². The number of hydrogen-bond acceptors (Lipinski definition) is 4. The van der Waals surface area contributed by atoms with Gasteiger partial charge in [0.15, 0.2) is 0 Å². The van der Waals surface area contributed by atoms with Gasteiger partial charge in [0.1, 0.15) is 11.8 Å². The first-order valence-corrected chi connectivity index (χ1v) is 7.87. The molecule has 0 heterocycles. The Kier molecular flexibility index (Phi) is 6.43. The number of ether oxygens (including phenoxy) is 1. The quantitative estimate of drug-likeness (QED) is 0.579. The topological polar surface area (TPSA) is 55.7 Å². The van der Waals surface area contributed by atoms with Crippen LogP contribution < -0.4 is 0 Å². The Morgan fingerprint density at radius 1 is 0.958 bits per heavy atom. The molecule has 0 radical (unpaired) electrons. The van der Waals surface area contributed by atoms with Gasteiger partial charge in [0.25, 0.3) is 0 Å². The number of carbonyl (C=O) groups excluding carboxylic acids is 2. The third kappa shape index (κ3) is 4.88. The van der Waals surface area contributed by atoms with Crippen LogP contribution in [0.25, 0.3) is 0 Å². The molecular weight excluding hydrogens is 302 g/mol. The van der Waals surface area contributed by atoms with Gasteiger partial charge in [-0.2, -0.15) is 0 Å². The van der Waals surface area contributed by atoms with Crippen molar-refractivity contribution in [3.8, 4) is 0 Å². The third-order valence-electron chi connectivity index (χ3n) is 3.62. The number of ketones is 1. The van der Waals surface area contributed by atoms with E-state index in [0.29, 0.717) is 12.8 Å². The van der Waals surface area contributed by atoms with E-state index in [9.17, 15) is 9.59 Å². The summed E-state index contributed by atoms with van der Waals surface area (Å²) in [6.45, 7) is 1.51. The van der Waals surface area contributed by atoms with Gasteiger partial charge in [-0.3, -0.25) is 4.99 Å². The summed E-state index contributed by atoms with van der Waals surface area (Å²) < 4.78 is 4.86. The summed E-state index contributed by atoms with van der Waals surface area (Å²) in [6, 6.07) is 18.7. The van der Waals surface area contributed by atoms with Crippen molar-refractivity contribution < 1.29 is 14.3 Å². The molecule has 0 amide bonds. The molecule has 0 N–H and O–H groups in total. The lowest BCUT2D eigenvalue weighted by Gasteiger charge is -2.14. The Morgan fingerprint density at radius 2 is 1.46 bits per heavy atom. The third-order valence-corrected chi connectivity index (χ3v) is 3.62. The number of esters is 1. The Balaban J connectivity index is 2.44. The van der Waals surface area contributed by atoms with Crippen LogP contribution in [0.2, 0.25) is 0 Å². The van der Waals surface area contributed by atoms with Crippen molar-refractivity contribution in [1.29, 1.82) is 0 Å². The van der Waals surface area contributed by atoms with Crippen molar-refractivity contribution in [2.45, 2.75) is 25.8 Å². The molecule has 0 spiro atoms. The van der Waals surface area contributed by atoms with Gasteiger partial charge in [0.2, 0.25) is 0 Å². The molecule has 2 aromatic carbocycles. The van der Waals surface area contributed by atoms with Crippen LogP contribution >= 0.6 is 0 Å². The summed E-state index contributed by atoms with van der Waals surface area (Å²) in [6.07, 6.45) is 0.630. The molecule has 2 rings (SSSR count). The fourth-order valence-corrected chi connectivity index (χ4v) is 2.37. The summed E-state index contributed by atoms with van der Waals surface area (Å²) >= 11 is 0. The number of rotatable bonds is 7. The second-order valence-corrected chi connectivity index (χ2v) is 5.49. The molecule has 0 aliphatic rings. The SMILES string of the molecule is COC(=O)[C@H](CCC(C)=O)N=C(c1ccccc1)c1ccccc1. The first-order valence-electron chi connectivity index (χ1n) is 7.87. The lowest BCUT2D eigenvalue weighted by molar-refractivity contribution is -0.142. The van der Waals surface area contributed by atoms with E-state index >= 15 is 0 Å². The van der Waals surface area contributed by atoms with Crippen LogP contribution in [0.4, 0.5) is 0 Å². The van der Waals surface area contributed by atoms with Gasteiger partial charge in [0, 0.05) is 17.5 Å². The monoisotopic (exact) mass is 323 g/mol. The van der Waals surface area contributed by atoms with Gasteiger partial charge in [-0.05, 0) is 13.3 Å². The molecular formula is C20H21NO3. The number of methoxy groups -OCH3 is 1. The minimum absolute atomic E-state index is 0.0278. The zero-order valence-electron chi connectivity index (χ0n) is 13.9. The number of Topliss-reactive ketones (excluding diaryl/α,β-unsaturated/α-hetero) is 1. The molecule has 0 saturated carbocycles. The molecule has 0 aromatic heterocycles. The highest BCUT2D eigenvalue weighted by Crippen LogP contribution is 2.15. The fourth-order valence-electron chi connectivity index (χ4n) is 2.37. The largest absolute Gasteiger partial charge is 0.467 e. The number of hydrogen-bond donors (Lipinski definition) is 0. The summed E-state index contributed by atoms with van der Waals surface area (Å²) in [5.74, 6) is -0.402. The molecule has 0 aliphatic heterocycles. The number of nitrogens with zero attached hydrogens (tertiary/aromatic N) is 1. The Morgan fingerprint density at radius 3 is 1.88 bits per heavy atom. The first kappa shape index (κ1) is 17.6. The maximum absolute atomic E-state index is 12.1. The van der Waals surface area contributed by atoms with Crippen molar-refractivity contribution in [3.63, 3.8) is 0 Å². The van der Waals surface area contributed by atoms with Gasteiger partial charge in [-0.25, -0.2) is 4.79 Å². The molecule has 4 heteroatoms. The van der Waals surface area contributed by atoms with Crippen LogP contribution in [-0.4, -0.2) is 30.6 Å². The maximum Gasteiger partial charge on any atom is 0.330 e. The van der Waals surface area contributed by atoms with Gasteiger partial charge >= 0.3 is 5.97 Å². The second-order valence-electron chi connectivity index (χ2n) is 5.49. The van der Waals surface area contributed by atoms with Crippen LogP contribution in [0.15, 0.2) is 65.7 Å². The fraction of sp³-hybridized carbons (Fsp3) is 0.250. The minimum atomic E-state index is -0.700. The van der Waals surface area contributed by atoms with Crippen LogP contribution in [0.5, 0.6) is 0 Å². The number of benzene rings is 2. The molecule has 2 aromatic rings. The van der Waals surface area contributed by atoms with Crippen LogP contribution in [0, 0.1) is 0 Å². The van der Waals surface area contributed by atoms with E-state index in [2.05, 4.69) is 4.99 Å². The predicted octanol–water partition coefficient (Wildman–Crippen LogP) is 3.43. The van der Waals surface area contributed by atoms with E-state index in [4.69, 9.17) is 4.74 Å². The van der Waals surface area contributed by atoms with Crippen molar-refractivity contribution >= 4 is 17.5 Å². The van der Waals surface area contributed by atoms with Gasteiger partial charge in [0.05, 0.1) is 12.8 Å². The summed E-state index contributed by atoms with van der Waals surface area (Å²) in [7, 11) is 1.34. The summed E-state index contributed by atoms with van der Waals surface area (Å²) in [5, 5.41) is 0. The molecule has 0 aliphatic carbocycles. The zero-order chi connectivity index (χ0) is 17.4. The molecule has 124 valence electrons. The highest BCUT2D eigenvalue weighted by molar-refractivity contribution is 6.13. The first-order chi connectivity index (χ1) is 11.6. The smallest absolute Gasteiger partial charge is 0.330 e.